The van der Waals surface area contributed by atoms with Gasteiger partial charge < -0.3 is 4.74 Å². The minimum atomic E-state index is -0.0617. The highest BCUT2D eigenvalue weighted by Gasteiger charge is 2.60. The molecule has 3 nitrogen and oxygen atoms in total. The van der Waals surface area contributed by atoms with Crippen molar-refractivity contribution in [3.63, 3.8) is 0 Å². The summed E-state index contributed by atoms with van der Waals surface area (Å²) < 4.78 is 4.87. The zero-order valence-corrected chi connectivity index (χ0v) is 18.5. The molecule has 2 unspecified atom stereocenters. The Morgan fingerprint density at radius 3 is 2.57 bits per heavy atom. The van der Waals surface area contributed by atoms with Gasteiger partial charge in [-0.15, -0.1) is 0 Å². The van der Waals surface area contributed by atoms with E-state index in [0.717, 1.165) is 49.4 Å². The van der Waals surface area contributed by atoms with Gasteiger partial charge in [0.2, 0.25) is 0 Å². The third kappa shape index (κ3) is 3.16. The molecular formula is C25H40O3. The van der Waals surface area contributed by atoms with Gasteiger partial charge in [-0.25, -0.2) is 0 Å². The van der Waals surface area contributed by atoms with E-state index < -0.39 is 0 Å². The summed E-state index contributed by atoms with van der Waals surface area (Å²) in [6.45, 7) is 7.49. The minimum absolute atomic E-state index is 0.0617. The number of hydrogen-bond acceptors (Lipinski definition) is 3. The lowest BCUT2D eigenvalue weighted by molar-refractivity contribution is -0.141. The summed E-state index contributed by atoms with van der Waals surface area (Å²) in [5.41, 5.74) is 0.858. The van der Waals surface area contributed by atoms with Crippen molar-refractivity contribution in [3.8, 4) is 0 Å². The number of esters is 1. The quantitative estimate of drug-likeness (QED) is 0.571. The third-order valence-corrected chi connectivity index (χ3v) is 10.3. The number of carbonyl (C=O) groups excluding carboxylic acids is 2. The molecule has 158 valence electrons. The van der Waals surface area contributed by atoms with Crippen LogP contribution in [-0.2, 0) is 14.3 Å². The molecule has 4 saturated carbocycles. The standard InChI is InChI=1S/C25H40O3/c1-16(5-10-23(27)28-4)20-8-9-21-19-7-6-17-15-18(26)11-13-24(17,2)22(19)12-14-25(20,21)3/h16-17,19-22H,5-15H2,1-4H3/t16-,17-,19+,20-,21?,22?,24+,25-/m1/s1. The molecule has 4 aliphatic carbocycles. The van der Waals surface area contributed by atoms with Crippen LogP contribution in [0.3, 0.4) is 0 Å². The van der Waals surface area contributed by atoms with E-state index in [-0.39, 0.29) is 5.97 Å². The van der Waals surface area contributed by atoms with Gasteiger partial charge in [0.05, 0.1) is 7.11 Å². The van der Waals surface area contributed by atoms with E-state index in [1.165, 1.54) is 45.6 Å². The fourth-order valence-electron chi connectivity index (χ4n) is 8.67. The number of ether oxygens (including phenoxy) is 1. The van der Waals surface area contributed by atoms with Crippen LogP contribution >= 0.6 is 0 Å². The predicted molar refractivity (Wildman–Crippen MR) is 111 cm³/mol. The SMILES string of the molecule is COC(=O)CC[C@@H](C)[C@H]1CCC2[C@@H]3CC[C@@H]4CC(=O)CC[C@]4(C)C3CC[C@@]21C. The van der Waals surface area contributed by atoms with E-state index in [1.807, 2.05) is 0 Å². The second-order valence-electron chi connectivity index (χ2n) is 11.2. The smallest absolute Gasteiger partial charge is 0.305 e. The van der Waals surface area contributed by atoms with Gasteiger partial charge in [-0.05, 0) is 97.7 Å². The summed E-state index contributed by atoms with van der Waals surface area (Å²) in [7, 11) is 1.50. The van der Waals surface area contributed by atoms with Crippen LogP contribution in [-0.4, -0.2) is 18.9 Å². The van der Waals surface area contributed by atoms with Gasteiger partial charge in [0.25, 0.3) is 0 Å². The minimum Gasteiger partial charge on any atom is -0.469 e. The van der Waals surface area contributed by atoms with Crippen molar-refractivity contribution in [2.45, 2.75) is 91.4 Å². The maximum Gasteiger partial charge on any atom is 0.305 e. The normalized spacial score (nSPS) is 46.3. The Kier molecular flexibility index (Phi) is 5.42. The fourth-order valence-corrected chi connectivity index (χ4v) is 8.67. The van der Waals surface area contributed by atoms with Gasteiger partial charge in [0.15, 0.2) is 0 Å². The topological polar surface area (TPSA) is 43.4 Å². The molecule has 4 rings (SSSR count). The van der Waals surface area contributed by atoms with Crippen molar-refractivity contribution in [3.05, 3.63) is 0 Å². The van der Waals surface area contributed by atoms with E-state index in [2.05, 4.69) is 20.8 Å². The number of Topliss-reactive ketones (excluding diaryl/α,β-unsaturated/α-hetero) is 1. The Morgan fingerprint density at radius 1 is 1.07 bits per heavy atom. The van der Waals surface area contributed by atoms with Crippen molar-refractivity contribution in [2.24, 2.45) is 46.3 Å². The molecule has 0 aromatic rings. The largest absolute Gasteiger partial charge is 0.469 e. The lowest BCUT2D eigenvalue weighted by atomic mass is 9.44. The highest BCUT2D eigenvalue weighted by molar-refractivity contribution is 5.79. The molecule has 0 aromatic carbocycles. The lowest BCUT2D eigenvalue weighted by Crippen LogP contribution is -2.53. The van der Waals surface area contributed by atoms with E-state index in [9.17, 15) is 9.59 Å². The van der Waals surface area contributed by atoms with Crippen LogP contribution in [0.5, 0.6) is 0 Å². The van der Waals surface area contributed by atoms with E-state index in [1.54, 1.807) is 0 Å². The highest BCUT2D eigenvalue weighted by atomic mass is 16.5. The van der Waals surface area contributed by atoms with E-state index in [4.69, 9.17) is 4.74 Å². The molecule has 0 saturated heterocycles. The molecule has 28 heavy (non-hydrogen) atoms. The summed E-state index contributed by atoms with van der Waals surface area (Å²) in [5.74, 6) is 5.01. The highest BCUT2D eigenvalue weighted by Crippen LogP contribution is 2.68. The Balaban J connectivity index is 1.49. The molecular weight excluding hydrogens is 348 g/mol. The summed E-state index contributed by atoms with van der Waals surface area (Å²) in [4.78, 5) is 23.7. The summed E-state index contributed by atoms with van der Waals surface area (Å²) in [6.07, 6.45) is 12.4. The van der Waals surface area contributed by atoms with Crippen LogP contribution in [0.15, 0.2) is 0 Å². The first-order valence-electron chi connectivity index (χ1n) is 11.9. The number of fused-ring (bicyclic) bond motifs is 5. The Bertz CT molecular complexity index is 627. The van der Waals surface area contributed by atoms with Crippen LogP contribution < -0.4 is 0 Å². The molecule has 0 heterocycles. The first-order chi connectivity index (χ1) is 13.3. The van der Waals surface area contributed by atoms with Gasteiger partial charge in [0.1, 0.15) is 5.78 Å². The molecule has 4 fully saturated rings. The molecule has 0 amide bonds. The number of rotatable bonds is 4. The molecule has 3 heteroatoms. The second kappa shape index (κ2) is 7.43. The zero-order chi connectivity index (χ0) is 20.1. The average molecular weight is 389 g/mol. The van der Waals surface area contributed by atoms with Crippen molar-refractivity contribution >= 4 is 11.8 Å². The number of ketones is 1. The van der Waals surface area contributed by atoms with E-state index in [0.29, 0.717) is 34.9 Å². The van der Waals surface area contributed by atoms with Crippen LogP contribution in [0.25, 0.3) is 0 Å². The van der Waals surface area contributed by atoms with Crippen molar-refractivity contribution in [1.82, 2.24) is 0 Å². The Labute approximate surface area is 171 Å². The monoisotopic (exact) mass is 388 g/mol. The zero-order valence-electron chi connectivity index (χ0n) is 18.5. The van der Waals surface area contributed by atoms with Crippen LogP contribution in [0.2, 0.25) is 0 Å². The van der Waals surface area contributed by atoms with Gasteiger partial charge >= 0.3 is 5.97 Å². The molecule has 0 spiro atoms. The van der Waals surface area contributed by atoms with Gasteiger partial charge in [-0.2, -0.15) is 0 Å². The van der Waals surface area contributed by atoms with Crippen LogP contribution in [0.4, 0.5) is 0 Å². The molecule has 8 atom stereocenters. The van der Waals surface area contributed by atoms with Crippen molar-refractivity contribution in [1.29, 1.82) is 0 Å². The van der Waals surface area contributed by atoms with Crippen LogP contribution in [0.1, 0.15) is 91.4 Å². The first-order valence-corrected chi connectivity index (χ1v) is 11.9. The Morgan fingerprint density at radius 2 is 1.82 bits per heavy atom. The molecule has 0 aliphatic heterocycles. The summed E-state index contributed by atoms with van der Waals surface area (Å²) in [5, 5.41) is 0. The molecule has 0 N–H and O–H groups in total. The van der Waals surface area contributed by atoms with Gasteiger partial charge in [-0.1, -0.05) is 20.8 Å². The first kappa shape index (κ1) is 20.4. The molecule has 0 radical (unpaired) electrons. The Hall–Kier alpha value is -0.860. The number of methoxy groups -OCH3 is 1. The molecule has 0 aromatic heterocycles. The second-order valence-corrected chi connectivity index (χ2v) is 11.2. The third-order valence-electron chi connectivity index (χ3n) is 10.3. The predicted octanol–water partition coefficient (Wildman–Crippen LogP) is 5.80. The summed E-state index contributed by atoms with van der Waals surface area (Å²) in [6, 6.07) is 0. The number of hydrogen-bond donors (Lipinski definition) is 0. The van der Waals surface area contributed by atoms with Crippen LogP contribution in [0, 0.1) is 46.3 Å². The average Bonchev–Trinajstić information content (AvgIpc) is 3.03. The fraction of sp³-hybridized carbons (Fsp3) is 0.920. The number of carbonyl (C=O) groups is 2. The lowest BCUT2D eigenvalue weighted by Gasteiger charge is -2.60. The van der Waals surface area contributed by atoms with Gasteiger partial charge in [0, 0.05) is 19.3 Å². The van der Waals surface area contributed by atoms with Gasteiger partial charge in [-0.3, -0.25) is 9.59 Å². The molecule has 0 bridgehead atoms. The maximum atomic E-state index is 12.1. The van der Waals surface area contributed by atoms with Crippen molar-refractivity contribution in [2.75, 3.05) is 7.11 Å². The molecule has 4 aliphatic rings. The maximum absolute atomic E-state index is 12.1. The van der Waals surface area contributed by atoms with E-state index >= 15 is 0 Å². The summed E-state index contributed by atoms with van der Waals surface area (Å²) >= 11 is 0. The van der Waals surface area contributed by atoms with Crippen molar-refractivity contribution < 1.29 is 14.3 Å².